The quantitative estimate of drug-likeness (QED) is 0.405. The molecule has 50 valence electrons. The van der Waals surface area contributed by atoms with E-state index in [9.17, 15) is 0 Å². The minimum atomic E-state index is 1.04. The van der Waals surface area contributed by atoms with Crippen LogP contribution in [0.5, 0.6) is 0 Å². The highest BCUT2D eigenvalue weighted by Crippen LogP contribution is 2.13. The number of hydrogen-bond donors (Lipinski definition) is 2. The van der Waals surface area contributed by atoms with Crippen molar-refractivity contribution in [1.82, 2.24) is 5.43 Å². The molecule has 0 radical (unpaired) electrons. The normalized spacial score (nSPS) is 18.4. The van der Waals surface area contributed by atoms with E-state index < -0.39 is 0 Å². The van der Waals surface area contributed by atoms with Gasteiger partial charge in [-0.15, -0.1) is 0 Å². The summed E-state index contributed by atoms with van der Waals surface area (Å²) >= 11 is 0. The Morgan fingerprint density at radius 2 is 2.44 bits per heavy atom. The molecule has 1 aliphatic rings. The summed E-state index contributed by atoms with van der Waals surface area (Å²) < 4.78 is 0. The van der Waals surface area contributed by atoms with Gasteiger partial charge in [-0.05, 0) is 25.8 Å². The zero-order valence-corrected chi connectivity index (χ0v) is 5.65. The Hall–Kier alpha value is -0.760. The molecule has 0 heterocycles. The number of allylic oxidation sites excluding steroid dienone is 3. The molecule has 0 aromatic heterocycles. The second-order valence-electron chi connectivity index (χ2n) is 2.33. The number of hydrogen-bond acceptors (Lipinski definition) is 2. The van der Waals surface area contributed by atoms with E-state index in [4.69, 9.17) is 5.84 Å². The second-order valence-corrected chi connectivity index (χ2v) is 2.33. The zero-order chi connectivity index (χ0) is 6.69. The highest BCUT2D eigenvalue weighted by Gasteiger charge is 1.97. The molecule has 0 atom stereocenters. The van der Waals surface area contributed by atoms with Crippen molar-refractivity contribution in [2.45, 2.75) is 19.8 Å². The van der Waals surface area contributed by atoms with Crippen molar-refractivity contribution in [1.29, 1.82) is 0 Å². The van der Waals surface area contributed by atoms with Gasteiger partial charge in [-0.1, -0.05) is 11.6 Å². The monoisotopic (exact) mass is 124 g/mol. The Bertz CT molecular complexity index is 156. The molecule has 0 amide bonds. The van der Waals surface area contributed by atoms with Crippen molar-refractivity contribution in [3.05, 3.63) is 23.4 Å². The van der Waals surface area contributed by atoms with E-state index >= 15 is 0 Å². The maximum atomic E-state index is 5.20. The lowest BCUT2D eigenvalue weighted by atomic mass is 10.1. The Kier molecular flexibility index (Phi) is 1.90. The number of nitrogens with two attached hydrogens (primary N) is 1. The third-order valence-corrected chi connectivity index (χ3v) is 1.47. The van der Waals surface area contributed by atoms with Crippen LogP contribution in [0.3, 0.4) is 0 Å². The molecule has 0 unspecified atom stereocenters. The van der Waals surface area contributed by atoms with Crippen LogP contribution >= 0.6 is 0 Å². The van der Waals surface area contributed by atoms with E-state index in [2.05, 4.69) is 24.5 Å². The fraction of sp³-hybridized carbons (Fsp3) is 0.429. The van der Waals surface area contributed by atoms with E-state index in [0.717, 1.165) is 12.1 Å². The lowest BCUT2D eigenvalue weighted by Crippen LogP contribution is -2.20. The van der Waals surface area contributed by atoms with Crippen LogP contribution in [0.2, 0.25) is 0 Å². The highest BCUT2D eigenvalue weighted by molar-refractivity contribution is 5.24. The minimum absolute atomic E-state index is 1.04. The molecule has 0 saturated carbocycles. The highest BCUT2D eigenvalue weighted by atomic mass is 15.2. The minimum Gasteiger partial charge on any atom is -0.324 e. The van der Waals surface area contributed by atoms with Crippen molar-refractivity contribution in [2.24, 2.45) is 5.84 Å². The van der Waals surface area contributed by atoms with Gasteiger partial charge in [-0.3, -0.25) is 5.84 Å². The van der Waals surface area contributed by atoms with Crippen molar-refractivity contribution in [2.75, 3.05) is 0 Å². The van der Waals surface area contributed by atoms with Crippen LogP contribution in [0.1, 0.15) is 19.8 Å². The molecular formula is C7H12N2. The van der Waals surface area contributed by atoms with E-state index in [1.807, 2.05) is 0 Å². The van der Waals surface area contributed by atoms with Gasteiger partial charge in [0.1, 0.15) is 0 Å². The van der Waals surface area contributed by atoms with Crippen LogP contribution in [0.4, 0.5) is 0 Å². The van der Waals surface area contributed by atoms with E-state index in [0.29, 0.717) is 0 Å². The van der Waals surface area contributed by atoms with Gasteiger partial charge in [-0.2, -0.15) is 0 Å². The molecule has 0 bridgehead atoms. The summed E-state index contributed by atoms with van der Waals surface area (Å²) in [5, 5.41) is 0. The summed E-state index contributed by atoms with van der Waals surface area (Å²) in [6.45, 7) is 2.12. The maximum Gasteiger partial charge on any atom is 0.0444 e. The van der Waals surface area contributed by atoms with Gasteiger partial charge in [0.25, 0.3) is 0 Å². The largest absolute Gasteiger partial charge is 0.324 e. The van der Waals surface area contributed by atoms with Crippen molar-refractivity contribution in [3.8, 4) is 0 Å². The van der Waals surface area contributed by atoms with Gasteiger partial charge in [-0.25, -0.2) is 0 Å². The Balaban J connectivity index is 2.63. The Labute approximate surface area is 55.4 Å². The summed E-state index contributed by atoms with van der Waals surface area (Å²) in [4.78, 5) is 0. The SMILES string of the molecule is CC1=CC(NN)=CCC1. The summed E-state index contributed by atoms with van der Waals surface area (Å²) in [6, 6.07) is 0. The van der Waals surface area contributed by atoms with Crippen LogP contribution in [0.25, 0.3) is 0 Å². The standard InChI is InChI=1S/C7H12N2/c1-6-3-2-4-7(5-6)9-8/h4-5,9H,2-3,8H2,1H3. The van der Waals surface area contributed by atoms with Gasteiger partial charge in [0, 0.05) is 5.70 Å². The molecule has 2 heteroatoms. The molecular weight excluding hydrogens is 112 g/mol. The van der Waals surface area contributed by atoms with Gasteiger partial charge in [0.2, 0.25) is 0 Å². The Morgan fingerprint density at radius 3 is 2.89 bits per heavy atom. The van der Waals surface area contributed by atoms with Gasteiger partial charge in [0.05, 0.1) is 0 Å². The lowest BCUT2D eigenvalue weighted by Gasteiger charge is -2.08. The fourth-order valence-electron chi connectivity index (χ4n) is 0.952. The molecule has 9 heavy (non-hydrogen) atoms. The maximum absolute atomic E-state index is 5.20. The number of rotatable bonds is 1. The predicted octanol–water partition coefficient (Wildman–Crippen LogP) is 1.07. The molecule has 0 saturated heterocycles. The third kappa shape index (κ3) is 1.57. The Morgan fingerprint density at radius 1 is 1.67 bits per heavy atom. The summed E-state index contributed by atoms with van der Waals surface area (Å²) in [5.74, 6) is 5.20. The summed E-state index contributed by atoms with van der Waals surface area (Å²) in [6.07, 6.45) is 6.46. The molecule has 0 aliphatic heterocycles. The van der Waals surface area contributed by atoms with Crippen LogP contribution in [0.15, 0.2) is 23.4 Å². The van der Waals surface area contributed by atoms with E-state index in [1.165, 1.54) is 12.0 Å². The predicted molar refractivity (Wildman–Crippen MR) is 38.4 cm³/mol. The van der Waals surface area contributed by atoms with E-state index in [1.54, 1.807) is 0 Å². The smallest absolute Gasteiger partial charge is 0.0444 e. The second kappa shape index (κ2) is 2.69. The van der Waals surface area contributed by atoms with Crippen molar-refractivity contribution in [3.63, 3.8) is 0 Å². The van der Waals surface area contributed by atoms with Crippen LogP contribution in [-0.4, -0.2) is 0 Å². The first kappa shape index (κ1) is 6.36. The van der Waals surface area contributed by atoms with Crippen molar-refractivity contribution < 1.29 is 0 Å². The van der Waals surface area contributed by atoms with Crippen LogP contribution < -0.4 is 11.3 Å². The van der Waals surface area contributed by atoms with Crippen LogP contribution in [-0.2, 0) is 0 Å². The van der Waals surface area contributed by atoms with Gasteiger partial charge < -0.3 is 5.43 Å². The number of nitrogens with one attached hydrogen (secondary N) is 1. The van der Waals surface area contributed by atoms with E-state index in [-0.39, 0.29) is 0 Å². The van der Waals surface area contributed by atoms with Crippen molar-refractivity contribution >= 4 is 0 Å². The average molecular weight is 124 g/mol. The molecule has 3 N–H and O–H groups in total. The molecule has 0 aromatic rings. The molecule has 0 spiro atoms. The average Bonchev–Trinajstić information content (AvgIpc) is 1.88. The first-order chi connectivity index (χ1) is 4.33. The topological polar surface area (TPSA) is 38.0 Å². The molecule has 1 rings (SSSR count). The summed E-state index contributed by atoms with van der Waals surface area (Å²) in [7, 11) is 0. The number of hydrazine groups is 1. The van der Waals surface area contributed by atoms with Crippen LogP contribution in [0, 0.1) is 0 Å². The first-order valence-electron chi connectivity index (χ1n) is 3.17. The first-order valence-corrected chi connectivity index (χ1v) is 3.17. The van der Waals surface area contributed by atoms with Gasteiger partial charge in [0.15, 0.2) is 0 Å². The van der Waals surface area contributed by atoms with Gasteiger partial charge >= 0.3 is 0 Å². The molecule has 1 aliphatic carbocycles. The molecule has 0 aromatic carbocycles. The zero-order valence-electron chi connectivity index (χ0n) is 5.65. The fourth-order valence-corrected chi connectivity index (χ4v) is 0.952. The molecule has 0 fully saturated rings. The third-order valence-electron chi connectivity index (χ3n) is 1.47. The molecule has 2 nitrogen and oxygen atoms in total. The lowest BCUT2D eigenvalue weighted by molar-refractivity contribution is 0.853. The summed E-state index contributed by atoms with van der Waals surface area (Å²) in [5.41, 5.74) is 5.05.